The number of hydrogen-bond acceptors (Lipinski definition) is 5. The monoisotopic (exact) mass is 583 g/mol. The minimum Gasteiger partial charge on any atom is -0.490 e. The Balaban J connectivity index is 1.86. The van der Waals surface area contributed by atoms with Crippen LogP contribution < -0.4 is 14.8 Å². The number of rotatable bonds is 8. The van der Waals surface area contributed by atoms with E-state index in [0.29, 0.717) is 39.9 Å². The molecule has 0 aliphatic carbocycles. The van der Waals surface area contributed by atoms with Crippen LogP contribution in [0.5, 0.6) is 11.5 Å². The normalized spacial score (nSPS) is 10.7. The molecule has 0 saturated heterocycles. The lowest BCUT2D eigenvalue weighted by Gasteiger charge is -2.15. The van der Waals surface area contributed by atoms with Gasteiger partial charge in [-0.05, 0) is 83.6 Å². The van der Waals surface area contributed by atoms with Crippen LogP contribution in [-0.2, 0) is 11.4 Å². The molecule has 0 heterocycles. The van der Waals surface area contributed by atoms with Crippen molar-refractivity contribution in [2.45, 2.75) is 13.5 Å². The number of nitrogens with one attached hydrogen (secondary N) is 1. The van der Waals surface area contributed by atoms with Crippen LogP contribution in [0, 0.1) is 26.2 Å². The topological polar surface area (TPSA) is 95.1 Å². The maximum atomic E-state index is 12.6. The van der Waals surface area contributed by atoms with Gasteiger partial charge in [-0.3, -0.25) is 4.79 Å². The molecular weight excluding hydrogens is 565 g/mol. The van der Waals surface area contributed by atoms with E-state index < -0.39 is 5.91 Å². The van der Waals surface area contributed by atoms with Crippen LogP contribution in [0.25, 0.3) is 6.08 Å². The summed E-state index contributed by atoms with van der Waals surface area (Å²) in [7, 11) is 0. The van der Waals surface area contributed by atoms with Gasteiger partial charge in [-0.25, -0.2) is 0 Å². The van der Waals surface area contributed by atoms with Gasteiger partial charge < -0.3 is 14.8 Å². The second kappa shape index (κ2) is 12.1. The van der Waals surface area contributed by atoms with E-state index in [1.54, 1.807) is 48.5 Å². The number of benzene rings is 3. The Morgan fingerprint density at radius 1 is 1.12 bits per heavy atom. The van der Waals surface area contributed by atoms with Crippen LogP contribution in [0.3, 0.4) is 0 Å². The summed E-state index contributed by atoms with van der Waals surface area (Å²) in [6.07, 6.45) is 1.49. The summed E-state index contributed by atoms with van der Waals surface area (Å²) in [4.78, 5) is 12.6. The summed E-state index contributed by atoms with van der Waals surface area (Å²) in [6, 6.07) is 21.4. The van der Waals surface area contributed by atoms with Crippen molar-refractivity contribution in [2.24, 2.45) is 0 Å². The zero-order valence-corrected chi connectivity index (χ0v) is 21.1. The third kappa shape index (κ3) is 6.50. The zero-order chi connectivity index (χ0) is 24.5. The predicted octanol–water partition coefficient (Wildman–Crippen LogP) is 6.34. The Hall–Kier alpha value is -3.53. The van der Waals surface area contributed by atoms with Crippen molar-refractivity contribution < 1.29 is 14.3 Å². The van der Waals surface area contributed by atoms with Crippen LogP contribution in [0.2, 0.25) is 5.02 Å². The van der Waals surface area contributed by atoms with E-state index in [1.165, 1.54) is 6.08 Å². The van der Waals surface area contributed by atoms with Crippen molar-refractivity contribution in [3.63, 3.8) is 0 Å². The summed E-state index contributed by atoms with van der Waals surface area (Å²) in [5, 5.41) is 22.1. The van der Waals surface area contributed by atoms with Crippen molar-refractivity contribution >= 4 is 51.9 Å². The molecule has 0 aromatic heterocycles. The summed E-state index contributed by atoms with van der Waals surface area (Å²) >= 11 is 7.99. The number of halogens is 2. The Morgan fingerprint density at radius 2 is 1.85 bits per heavy atom. The first-order chi connectivity index (χ1) is 16.4. The first kappa shape index (κ1) is 25.1. The Kier molecular flexibility index (Phi) is 8.92. The third-order valence-corrected chi connectivity index (χ3v) is 5.67. The molecule has 0 aliphatic rings. The SMILES string of the molecule is CCOc1cc(/C=C(\C#N)C(=O)Nc2ccc(Cl)cc2)cc(I)c1OCc1ccccc1C#N. The maximum absolute atomic E-state index is 12.6. The molecule has 1 amide bonds. The van der Waals surface area contributed by atoms with Gasteiger partial charge in [-0.2, -0.15) is 10.5 Å². The van der Waals surface area contributed by atoms with Gasteiger partial charge in [0.25, 0.3) is 5.91 Å². The number of nitriles is 2. The van der Waals surface area contributed by atoms with Crippen LogP contribution in [-0.4, -0.2) is 12.5 Å². The second-order valence-corrected chi connectivity index (χ2v) is 8.55. The molecule has 34 heavy (non-hydrogen) atoms. The molecule has 0 bridgehead atoms. The summed E-state index contributed by atoms with van der Waals surface area (Å²) < 4.78 is 12.5. The highest BCUT2D eigenvalue weighted by Gasteiger charge is 2.15. The molecule has 3 rings (SSSR count). The standard InChI is InChI=1S/C26H19ClIN3O3/c1-2-33-24-13-17(11-20(15-30)26(32)31-22-9-7-21(27)8-10-22)12-23(28)25(24)34-16-19-6-4-3-5-18(19)14-29/h3-13H,2,16H2,1H3,(H,31,32)/b20-11+. The van der Waals surface area contributed by atoms with E-state index in [1.807, 2.05) is 25.1 Å². The van der Waals surface area contributed by atoms with E-state index in [-0.39, 0.29) is 12.2 Å². The predicted molar refractivity (Wildman–Crippen MR) is 139 cm³/mol. The minimum absolute atomic E-state index is 0.0650. The first-order valence-electron chi connectivity index (χ1n) is 10.2. The van der Waals surface area contributed by atoms with E-state index in [4.69, 9.17) is 21.1 Å². The molecule has 0 aliphatic heterocycles. The van der Waals surface area contributed by atoms with Gasteiger partial charge in [0.1, 0.15) is 18.2 Å². The fraction of sp³-hybridized carbons (Fsp3) is 0.115. The molecule has 8 heteroatoms. The highest BCUT2D eigenvalue weighted by atomic mass is 127. The number of hydrogen-bond donors (Lipinski definition) is 1. The quantitative estimate of drug-likeness (QED) is 0.190. The van der Waals surface area contributed by atoms with Gasteiger partial charge in [-0.1, -0.05) is 29.8 Å². The van der Waals surface area contributed by atoms with E-state index >= 15 is 0 Å². The number of carbonyl (C=O) groups is 1. The molecule has 0 spiro atoms. The van der Waals surface area contributed by atoms with Crippen molar-refractivity contribution in [3.8, 4) is 23.6 Å². The van der Waals surface area contributed by atoms with Gasteiger partial charge in [0, 0.05) is 16.3 Å². The lowest BCUT2D eigenvalue weighted by Crippen LogP contribution is -2.13. The highest BCUT2D eigenvalue weighted by molar-refractivity contribution is 14.1. The van der Waals surface area contributed by atoms with E-state index in [9.17, 15) is 15.3 Å². The number of nitrogens with zero attached hydrogens (tertiary/aromatic N) is 2. The largest absolute Gasteiger partial charge is 0.490 e. The lowest BCUT2D eigenvalue weighted by molar-refractivity contribution is -0.112. The number of anilines is 1. The molecule has 170 valence electrons. The molecule has 3 aromatic rings. The average Bonchev–Trinajstić information content (AvgIpc) is 2.83. The van der Waals surface area contributed by atoms with Crippen LogP contribution in [0.4, 0.5) is 5.69 Å². The molecule has 0 fully saturated rings. The van der Waals surface area contributed by atoms with Gasteiger partial charge in [-0.15, -0.1) is 0 Å². The van der Waals surface area contributed by atoms with Crippen LogP contribution >= 0.6 is 34.2 Å². The lowest BCUT2D eigenvalue weighted by atomic mass is 10.1. The Labute approximate surface area is 216 Å². The average molecular weight is 584 g/mol. The molecule has 0 unspecified atom stereocenters. The summed E-state index contributed by atoms with van der Waals surface area (Å²) in [6.45, 7) is 2.45. The minimum atomic E-state index is -0.536. The van der Waals surface area contributed by atoms with Gasteiger partial charge in [0.2, 0.25) is 0 Å². The second-order valence-electron chi connectivity index (χ2n) is 6.95. The van der Waals surface area contributed by atoms with Crippen molar-refractivity contribution in [2.75, 3.05) is 11.9 Å². The highest BCUT2D eigenvalue weighted by Crippen LogP contribution is 2.35. The van der Waals surface area contributed by atoms with Crippen LogP contribution in [0.15, 0.2) is 66.2 Å². The molecule has 1 N–H and O–H groups in total. The smallest absolute Gasteiger partial charge is 0.266 e. The number of amides is 1. The molecule has 6 nitrogen and oxygen atoms in total. The van der Waals surface area contributed by atoms with Crippen LogP contribution in [0.1, 0.15) is 23.6 Å². The fourth-order valence-electron chi connectivity index (χ4n) is 3.03. The van der Waals surface area contributed by atoms with Crippen molar-refractivity contribution in [3.05, 3.63) is 91.5 Å². The van der Waals surface area contributed by atoms with E-state index in [2.05, 4.69) is 34.0 Å². The fourth-order valence-corrected chi connectivity index (χ4v) is 3.93. The summed E-state index contributed by atoms with van der Waals surface area (Å²) in [5.41, 5.74) is 2.38. The van der Waals surface area contributed by atoms with E-state index in [0.717, 1.165) is 9.13 Å². The molecule has 0 atom stereocenters. The zero-order valence-electron chi connectivity index (χ0n) is 18.1. The molecule has 0 radical (unpaired) electrons. The number of carbonyl (C=O) groups excluding carboxylic acids is 1. The third-order valence-electron chi connectivity index (χ3n) is 4.62. The molecular formula is C26H19ClIN3O3. The summed E-state index contributed by atoms with van der Waals surface area (Å²) in [5.74, 6) is 0.466. The number of ether oxygens (including phenoxy) is 2. The Bertz CT molecular complexity index is 1310. The first-order valence-corrected chi connectivity index (χ1v) is 11.7. The van der Waals surface area contributed by atoms with Gasteiger partial charge in [0.05, 0.1) is 21.8 Å². The van der Waals surface area contributed by atoms with Gasteiger partial charge >= 0.3 is 0 Å². The van der Waals surface area contributed by atoms with Crippen molar-refractivity contribution in [1.29, 1.82) is 10.5 Å². The van der Waals surface area contributed by atoms with Gasteiger partial charge in [0.15, 0.2) is 11.5 Å². The Morgan fingerprint density at radius 3 is 2.53 bits per heavy atom. The maximum Gasteiger partial charge on any atom is 0.266 e. The molecule has 3 aromatic carbocycles. The molecule has 0 saturated carbocycles. The van der Waals surface area contributed by atoms with Crippen molar-refractivity contribution in [1.82, 2.24) is 0 Å².